The molecule has 1 heterocycles. The number of ether oxygens (including phenoxy) is 1. The molecule has 3 rings (SSSR count). The van der Waals surface area contributed by atoms with Gasteiger partial charge in [-0.15, -0.1) is 0 Å². The SMILES string of the molecule is COc1ccc(-c2cc(C(=O)N[C@@H](CO)Cc3ccccc3)[nH]n2)cc1. The Hall–Kier alpha value is -3.12. The Morgan fingerprint density at radius 1 is 1.19 bits per heavy atom. The van der Waals surface area contributed by atoms with Gasteiger partial charge in [0.1, 0.15) is 11.4 Å². The second kappa shape index (κ2) is 8.31. The van der Waals surface area contributed by atoms with E-state index in [9.17, 15) is 9.90 Å². The lowest BCUT2D eigenvalue weighted by molar-refractivity contribution is 0.0911. The number of nitrogens with one attached hydrogen (secondary N) is 2. The third-order valence-electron chi connectivity index (χ3n) is 4.09. The minimum atomic E-state index is -0.363. The van der Waals surface area contributed by atoms with Crippen LogP contribution in [0.3, 0.4) is 0 Å². The Balaban J connectivity index is 1.66. The molecule has 0 aliphatic heterocycles. The van der Waals surface area contributed by atoms with Crippen LogP contribution in [0, 0.1) is 0 Å². The molecule has 0 bridgehead atoms. The van der Waals surface area contributed by atoms with Gasteiger partial charge in [0, 0.05) is 5.56 Å². The van der Waals surface area contributed by atoms with Gasteiger partial charge in [-0.3, -0.25) is 9.89 Å². The van der Waals surface area contributed by atoms with Crippen molar-refractivity contribution in [1.82, 2.24) is 15.5 Å². The summed E-state index contributed by atoms with van der Waals surface area (Å²) in [6, 6.07) is 18.5. The number of hydrogen-bond acceptors (Lipinski definition) is 4. The fraction of sp³-hybridized carbons (Fsp3) is 0.200. The standard InChI is InChI=1S/C20H21N3O3/c1-26-17-9-7-15(8-10-17)18-12-19(23-22-18)20(25)21-16(13-24)11-14-5-3-2-4-6-14/h2-10,12,16,24H,11,13H2,1H3,(H,21,25)(H,22,23)/t16-/m1/s1. The number of methoxy groups -OCH3 is 1. The molecule has 0 radical (unpaired) electrons. The second-order valence-electron chi connectivity index (χ2n) is 5.94. The number of aromatic nitrogens is 2. The van der Waals surface area contributed by atoms with Gasteiger partial charge in [0.2, 0.25) is 0 Å². The van der Waals surface area contributed by atoms with Crippen LogP contribution in [0.5, 0.6) is 5.75 Å². The van der Waals surface area contributed by atoms with Crippen molar-refractivity contribution in [2.45, 2.75) is 12.5 Å². The maximum Gasteiger partial charge on any atom is 0.269 e. The van der Waals surface area contributed by atoms with E-state index in [4.69, 9.17) is 4.74 Å². The average Bonchev–Trinajstić information content (AvgIpc) is 3.18. The van der Waals surface area contributed by atoms with Gasteiger partial charge in [0.15, 0.2) is 0 Å². The molecule has 0 spiro atoms. The Bertz CT molecular complexity index is 844. The summed E-state index contributed by atoms with van der Waals surface area (Å²) in [5, 5.41) is 19.3. The highest BCUT2D eigenvalue weighted by atomic mass is 16.5. The molecule has 0 saturated carbocycles. The van der Waals surface area contributed by atoms with E-state index in [0.29, 0.717) is 17.8 Å². The van der Waals surface area contributed by atoms with Gasteiger partial charge >= 0.3 is 0 Å². The average molecular weight is 351 g/mol. The van der Waals surface area contributed by atoms with Crippen molar-refractivity contribution in [1.29, 1.82) is 0 Å². The first-order chi connectivity index (χ1) is 12.7. The van der Waals surface area contributed by atoms with E-state index in [1.165, 1.54) is 0 Å². The number of aromatic amines is 1. The summed E-state index contributed by atoms with van der Waals surface area (Å²) in [5.74, 6) is 0.459. The lowest BCUT2D eigenvalue weighted by Gasteiger charge is -2.15. The molecule has 2 aromatic carbocycles. The number of nitrogens with zero attached hydrogens (tertiary/aromatic N) is 1. The molecule has 0 unspecified atom stereocenters. The molecule has 0 saturated heterocycles. The first-order valence-corrected chi connectivity index (χ1v) is 8.35. The number of benzene rings is 2. The van der Waals surface area contributed by atoms with E-state index < -0.39 is 0 Å². The third-order valence-corrected chi connectivity index (χ3v) is 4.09. The molecule has 26 heavy (non-hydrogen) atoms. The normalized spacial score (nSPS) is 11.8. The van der Waals surface area contributed by atoms with Crippen molar-refractivity contribution >= 4 is 5.91 Å². The Labute approximate surface area is 151 Å². The Morgan fingerprint density at radius 3 is 2.58 bits per heavy atom. The Kier molecular flexibility index (Phi) is 5.66. The minimum absolute atomic E-state index is 0.139. The minimum Gasteiger partial charge on any atom is -0.497 e. The number of carbonyl (C=O) groups is 1. The summed E-state index contributed by atoms with van der Waals surface area (Å²) in [5.41, 5.74) is 2.95. The van der Waals surface area contributed by atoms with Crippen LogP contribution in [0.15, 0.2) is 60.7 Å². The zero-order valence-corrected chi connectivity index (χ0v) is 14.5. The van der Waals surface area contributed by atoms with E-state index in [-0.39, 0.29) is 18.6 Å². The van der Waals surface area contributed by atoms with Gasteiger partial charge in [0.05, 0.1) is 25.5 Å². The van der Waals surface area contributed by atoms with E-state index in [2.05, 4.69) is 15.5 Å². The Morgan fingerprint density at radius 2 is 1.92 bits per heavy atom. The third kappa shape index (κ3) is 4.29. The summed E-state index contributed by atoms with van der Waals surface area (Å²) in [4.78, 5) is 12.4. The van der Waals surface area contributed by atoms with E-state index in [1.807, 2.05) is 54.6 Å². The first kappa shape index (κ1) is 17.7. The van der Waals surface area contributed by atoms with Crippen molar-refractivity contribution < 1.29 is 14.6 Å². The molecule has 1 atom stereocenters. The zero-order chi connectivity index (χ0) is 18.4. The van der Waals surface area contributed by atoms with Crippen LogP contribution < -0.4 is 10.1 Å². The van der Waals surface area contributed by atoms with Crippen molar-refractivity contribution in [3.8, 4) is 17.0 Å². The van der Waals surface area contributed by atoms with Gasteiger partial charge in [-0.2, -0.15) is 5.10 Å². The number of aliphatic hydroxyl groups is 1. The molecule has 6 heteroatoms. The highest BCUT2D eigenvalue weighted by Gasteiger charge is 2.16. The van der Waals surface area contributed by atoms with Gasteiger partial charge in [-0.1, -0.05) is 30.3 Å². The molecule has 1 aromatic heterocycles. The van der Waals surface area contributed by atoms with Gasteiger partial charge < -0.3 is 15.2 Å². The molecule has 0 aliphatic carbocycles. The summed E-state index contributed by atoms with van der Waals surface area (Å²) < 4.78 is 5.14. The molecule has 0 aliphatic rings. The topological polar surface area (TPSA) is 87.2 Å². The predicted octanol–water partition coefficient (Wildman–Crippen LogP) is 2.42. The maximum absolute atomic E-state index is 12.4. The predicted molar refractivity (Wildman–Crippen MR) is 99.1 cm³/mol. The van der Waals surface area contributed by atoms with E-state index >= 15 is 0 Å². The molecule has 6 nitrogen and oxygen atoms in total. The zero-order valence-electron chi connectivity index (χ0n) is 14.5. The smallest absolute Gasteiger partial charge is 0.269 e. The van der Waals surface area contributed by atoms with Gasteiger partial charge in [-0.05, 0) is 42.3 Å². The number of H-pyrrole nitrogens is 1. The fourth-order valence-electron chi connectivity index (χ4n) is 2.67. The molecule has 1 amide bonds. The van der Waals surface area contributed by atoms with Crippen LogP contribution in [0.1, 0.15) is 16.1 Å². The molecular formula is C20H21N3O3. The maximum atomic E-state index is 12.4. The van der Waals surface area contributed by atoms with Gasteiger partial charge in [-0.25, -0.2) is 0 Å². The van der Waals surface area contributed by atoms with E-state index in [0.717, 1.165) is 16.9 Å². The molecular weight excluding hydrogens is 330 g/mol. The highest BCUT2D eigenvalue weighted by Crippen LogP contribution is 2.21. The molecule has 0 fully saturated rings. The van der Waals surface area contributed by atoms with Crippen LogP contribution >= 0.6 is 0 Å². The van der Waals surface area contributed by atoms with Crippen molar-refractivity contribution in [3.05, 3.63) is 71.9 Å². The highest BCUT2D eigenvalue weighted by molar-refractivity contribution is 5.93. The van der Waals surface area contributed by atoms with E-state index in [1.54, 1.807) is 13.2 Å². The van der Waals surface area contributed by atoms with Crippen molar-refractivity contribution in [2.24, 2.45) is 0 Å². The second-order valence-corrected chi connectivity index (χ2v) is 5.94. The lowest BCUT2D eigenvalue weighted by Crippen LogP contribution is -2.39. The summed E-state index contributed by atoms with van der Waals surface area (Å²) in [6.45, 7) is -0.139. The van der Waals surface area contributed by atoms with Gasteiger partial charge in [0.25, 0.3) is 5.91 Å². The number of amides is 1. The monoisotopic (exact) mass is 351 g/mol. The summed E-state index contributed by atoms with van der Waals surface area (Å²) in [6.07, 6.45) is 0.558. The number of carbonyl (C=O) groups excluding carboxylic acids is 1. The van der Waals surface area contributed by atoms with Crippen LogP contribution in [-0.2, 0) is 6.42 Å². The van der Waals surface area contributed by atoms with Crippen molar-refractivity contribution in [2.75, 3.05) is 13.7 Å². The van der Waals surface area contributed by atoms with Crippen molar-refractivity contribution in [3.63, 3.8) is 0 Å². The quantitative estimate of drug-likeness (QED) is 0.610. The van der Waals surface area contributed by atoms with Crippen LogP contribution in [0.4, 0.5) is 0 Å². The largest absolute Gasteiger partial charge is 0.497 e. The summed E-state index contributed by atoms with van der Waals surface area (Å²) in [7, 11) is 1.61. The number of rotatable bonds is 7. The van der Waals surface area contributed by atoms with Crippen LogP contribution in [0.25, 0.3) is 11.3 Å². The van der Waals surface area contributed by atoms with Crippen LogP contribution in [-0.4, -0.2) is 41.0 Å². The lowest BCUT2D eigenvalue weighted by atomic mass is 10.1. The number of aliphatic hydroxyl groups excluding tert-OH is 1. The first-order valence-electron chi connectivity index (χ1n) is 8.35. The molecule has 3 aromatic rings. The fourth-order valence-corrected chi connectivity index (χ4v) is 2.67. The molecule has 134 valence electrons. The molecule has 3 N–H and O–H groups in total. The summed E-state index contributed by atoms with van der Waals surface area (Å²) >= 11 is 0. The van der Waals surface area contributed by atoms with Crippen LogP contribution in [0.2, 0.25) is 0 Å². The number of hydrogen-bond donors (Lipinski definition) is 3.